The van der Waals surface area contributed by atoms with Gasteiger partial charge in [-0.3, -0.25) is 9.69 Å². The van der Waals surface area contributed by atoms with Crippen molar-refractivity contribution in [3.05, 3.63) is 35.1 Å². The van der Waals surface area contributed by atoms with E-state index in [1.165, 1.54) is 0 Å². The number of hydrogen-bond donors (Lipinski definition) is 0. The molecule has 2 fully saturated rings. The maximum Gasteiger partial charge on any atom is 1.00 e. The second kappa shape index (κ2) is 10.4. The Morgan fingerprint density at radius 1 is 1.19 bits per heavy atom. The van der Waals surface area contributed by atoms with Crippen molar-refractivity contribution < 1.29 is 138 Å². The predicted octanol–water partition coefficient (Wildman–Crippen LogP) is -5.76. The summed E-state index contributed by atoms with van der Waals surface area (Å²) in [5.74, 6) is -1.89. The molecule has 0 N–H and O–H groups in total. The van der Waals surface area contributed by atoms with Crippen LogP contribution in [0.3, 0.4) is 0 Å². The summed E-state index contributed by atoms with van der Waals surface area (Å²) >= 11 is 6.10. The number of amides is 1. The average molecular weight is 556 g/mol. The van der Waals surface area contributed by atoms with Gasteiger partial charge in [0.1, 0.15) is 0 Å². The number of thiocarbonyl (C=S) groups is 1. The second-order valence-corrected chi connectivity index (χ2v) is 11.1. The number of ether oxygens (including phenoxy) is 1. The summed E-state index contributed by atoms with van der Waals surface area (Å²) in [4.78, 5) is 14.4. The van der Waals surface area contributed by atoms with E-state index in [4.69, 9.17) is 17.0 Å². The van der Waals surface area contributed by atoms with Crippen LogP contribution in [0.2, 0.25) is 0 Å². The van der Waals surface area contributed by atoms with Crippen LogP contribution >= 0.6 is 24.0 Å². The molecule has 0 aromatic heterocycles. The second-order valence-electron chi connectivity index (χ2n) is 6.62. The normalized spacial score (nSPS) is 27.3. The number of rotatable bonds is 4. The van der Waals surface area contributed by atoms with E-state index in [1.807, 2.05) is 0 Å². The van der Waals surface area contributed by atoms with Crippen LogP contribution in [0.15, 0.2) is 39.9 Å². The van der Waals surface area contributed by atoms with Crippen molar-refractivity contribution in [3.8, 4) is 0 Å². The zero-order valence-corrected chi connectivity index (χ0v) is 26.0. The number of fused-ring (bicyclic) bond motifs is 2. The van der Waals surface area contributed by atoms with Gasteiger partial charge in [-0.05, 0) is 30.0 Å². The molecule has 0 radical (unpaired) electrons. The van der Waals surface area contributed by atoms with E-state index in [0.717, 1.165) is 16.7 Å². The van der Waals surface area contributed by atoms with Crippen molar-refractivity contribution in [2.24, 2.45) is 0 Å². The smallest absolute Gasteiger partial charge is 0.748 e. The predicted molar refractivity (Wildman–Crippen MR) is 104 cm³/mol. The summed E-state index contributed by atoms with van der Waals surface area (Å²) < 4.78 is 73.5. The number of benzene rings is 1. The van der Waals surface area contributed by atoms with Gasteiger partial charge in [0, 0.05) is 12.6 Å². The molecule has 10 nitrogen and oxygen atoms in total. The van der Waals surface area contributed by atoms with E-state index in [1.54, 1.807) is 24.3 Å². The maximum absolute atomic E-state index is 12.9. The fourth-order valence-electron chi connectivity index (χ4n) is 3.68. The Bertz CT molecular complexity index is 1190. The summed E-state index contributed by atoms with van der Waals surface area (Å²) in [6.07, 6.45) is 0.119. The SMILES string of the molecule is O=C1/C(=C2/Sc3ccccc3[N+]23CCC3S(=O)(=O)[O-])OC(=S)N1CCS(=O)(=O)[O-].[K+].[K+]. The van der Waals surface area contributed by atoms with Gasteiger partial charge in [0.2, 0.25) is 5.03 Å². The molecule has 3 aliphatic rings. The van der Waals surface area contributed by atoms with Gasteiger partial charge in [-0.25, -0.2) is 21.3 Å². The Labute approximate surface area is 274 Å². The van der Waals surface area contributed by atoms with Crippen LogP contribution in [0.4, 0.5) is 5.69 Å². The van der Waals surface area contributed by atoms with E-state index < -0.39 is 43.8 Å². The summed E-state index contributed by atoms with van der Waals surface area (Å²) in [6, 6.07) is 6.86. The van der Waals surface area contributed by atoms with Crippen molar-refractivity contribution in [2.75, 3.05) is 18.8 Å². The van der Waals surface area contributed by atoms with Gasteiger partial charge in [0.15, 0.2) is 21.2 Å². The molecule has 31 heavy (non-hydrogen) atoms. The Morgan fingerprint density at radius 3 is 2.39 bits per heavy atom. The number of para-hydroxylation sites is 1. The molecule has 3 heterocycles. The van der Waals surface area contributed by atoms with Crippen molar-refractivity contribution in [1.82, 2.24) is 9.38 Å². The molecule has 4 rings (SSSR count). The molecule has 2 atom stereocenters. The quantitative estimate of drug-likeness (QED) is 0.116. The number of nitrogens with zero attached hydrogens (tertiary/aromatic N) is 2. The first-order valence-electron chi connectivity index (χ1n) is 8.27. The third-order valence-electron chi connectivity index (χ3n) is 5.03. The van der Waals surface area contributed by atoms with Gasteiger partial charge in [-0.1, -0.05) is 12.1 Å². The molecule has 16 heteroatoms. The monoisotopic (exact) mass is 555 g/mol. The van der Waals surface area contributed by atoms with Crippen LogP contribution in [0, 0.1) is 0 Å². The Balaban J connectivity index is 0.00000171. The minimum atomic E-state index is -4.70. The zero-order chi connectivity index (χ0) is 21.2. The van der Waals surface area contributed by atoms with Gasteiger partial charge < -0.3 is 13.8 Å². The number of carbonyl (C=O) groups excluding carboxylic acids is 1. The van der Waals surface area contributed by atoms with Crippen LogP contribution in [0.5, 0.6) is 0 Å². The minimum absolute atomic E-state index is 0. The molecule has 0 aliphatic carbocycles. The fraction of sp³-hybridized carbons (Fsp3) is 0.333. The van der Waals surface area contributed by atoms with Gasteiger partial charge in [0.05, 0.1) is 33.7 Å². The van der Waals surface area contributed by atoms with Gasteiger partial charge in [-0.15, -0.1) is 0 Å². The van der Waals surface area contributed by atoms with Crippen LogP contribution in [-0.4, -0.2) is 66.1 Å². The molecule has 0 bridgehead atoms. The molecule has 2 saturated heterocycles. The molecule has 1 amide bonds. The number of thioether (sulfide) groups is 1. The molecular weight excluding hydrogens is 543 g/mol. The number of hydrogen-bond acceptors (Lipinski definition) is 10. The van der Waals surface area contributed by atoms with E-state index in [0.29, 0.717) is 10.6 Å². The molecular formula is C15H13K2N2O8S4+. The average Bonchev–Trinajstić information content (AvgIpc) is 3.05. The van der Waals surface area contributed by atoms with Gasteiger partial charge in [0.25, 0.3) is 10.9 Å². The van der Waals surface area contributed by atoms with Crippen LogP contribution in [0.1, 0.15) is 6.42 Å². The molecule has 1 aromatic carbocycles. The molecule has 1 aromatic rings. The summed E-state index contributed by atoms with van der Waals surface area (Å²) in [5, 5.41) is -1.44. The third kappa shape index (κ3) is 5.30. The first-order chi connectivity index (χ1) is 13.4. The standard InChI is InChI=1S/C15H14N2O8S4.2K/c18-13-12(25-15(26)16(13)6-8-28(19,20)21)14-17(7-5-11(17)29(22,23)24)9-3-1-2-4-10(9)27-14;;/h1-4,11H,5-8H2,(H-,19,20,21,22,23,24);;/q;2*+1/p-1/b14-12-;;. The third-order valence-corrected chi connectivity index (χ3v) is 8.54. The molecule has 2 unspecified atom stereocenters. The first-order valence-corrected chi connectivity index (χ1v) is 12.5. The first kappa shape index (κ1) is 29.0. The summed E-state index contributed by atoms with van der Waals surface area (Å²) in [6.45, 7) is -0.214. The van der Waals surface area contributed by atoms with Crippen molar-refractivity contribution in [1.29, 1.82) is 0 Å². The van der Waals surface area contributed by atoms with Gasteiger partial charge in [-0.2, -0.15) is 0 Å². The van der Waals surface area contributed by atoms with Crippen molar-refractivity contribution in [2.45, 2.75) is 16.7 Å². The Kier molecular flexibility index (Phi) is 9.69. The summed E-state index contributed by atoms with van der Waals surface area (Å²) in [5.41, 5.74) is 0.568. The molecule has 3 aliphatic heterocycles. The topological polar surface area (TPSA) is 144 Å². The molecule has 156 valence electrons. The van der Waals surface area contributed by atoms with Crippen molar-refractivity contribution >= 4 is 61.0 Å². The van der Waals surface area contributed by atoms with E-state index >= 15 is 0 Å². The zero-order valence-electron chi connectivity index (χ0n) is 16.5. The van der Waals surface area contributed by atoms with E-state index in [9.17, 15) is 30.7 Å². The minimum Gasteiger partial charge on any atom is -0.748 e. The Morgan fingerprint density at radius 2 is 1.84 bits per heavy atom. The van der Waals surface area contributed by atoms with Crippen molar-refractivity contribution in [3.63, 3.8) is 0 Å². The van der Waals surface area contributed by atoms with Crippen LogP contribution in [-0.2, 0) is 29.8 Å². The van der Waals surface area contributed by atoms with Crippen LogP contribution in [0.25, 0.3) is 0 Å². The van der Waals surface area contributed by atoms with E-state index in [2.05, 4.69) is 0 Å². The molecule has 0 saturated carbocycles. The fourth-order valence-corrected chi connectivity index (χ4v) is 6.97. The van der Waals surface area contributed by atoms with Gasteiger partial charge >= 0.3 is 109 Å². The Hall–Kier alpha value is 1.72. The molecule has 1 spiro atoms. The number of quaternary nitrogens is 1. The summed E-state index contributed by atoms with van der Waals surface area (Å²) in [7, 11) is -9.28. The maximum atomic E-state index is 12.9. The van der Waals surface area contributed by atoms with Crippen LogP contribution < -0.4 is 107 Å². The van der Waals surface area contributed by atoms with E-state index in [-0.39, 0.29) is 136 Å². The largest absolute Gasteiger partial charge is 1.00 e. The number of carbonyl (C=O) groups is 1.